The molecule has 0 saturated heterocycles. The molecule has 52 heavy (non-hydrogen) atoms. The highest BCUT2D eigenvalue weighted by atomic mass is 16.3. The molecule has 0 bridgehead atoms. The third-order valence-electron chi connectivity index (χ3n) is 10.5. The molecule has 3 heterocycles. The minimum absolute atomic E-state index is 0.859. The molecule has 8 aromatic carbocycles. The molecule has 244 valence electrons. The van der Waals surface area contributed by atoms with Gasteiger partial charge in [-0.15, -0.1) is 0 Å². The maximum Gasteiger partial charge on any atom is 0.137 e. The fourth-order valence-corrected chi connectivity index (χ4v) is 8.24. The summed E-state index contributed by atoms with van der Waals surface area (Å²) in [6.45, 7) is 0. The molecule has 3 aromatic heterocycles. The number of nitrogens with one attached hydrogen (secondary N) is 1. The smallest absolute Gasteiger partial charge is 0.137 e. The Morgan fingerprint density at radius 2 is 1.06 bits per heavy atom. The van der Waals surface area contributed by atoms with E-state index in [-0.39, 0.29) is 0 Å². The first-order valence-corrected chi connectivity index (χ1v) is 17.7. The monoisotopic (exact) mass is 665 g/mol. The topological polar surface area (TPSA) is 37.1 Å². The first-order chi connectivity index (χ1) is 25.8. The van der Waals surface area contributed by atoms with E-state index in [4.69, 9.17) is 4.42 Å². The number of para-hydroxylation sites is 4. The molecule has 0 spiro atoms. The lowest BCUT2D eigenvalue weighted by molar-refractivity contribution is 0.669. The number of benzene rings is 8. The summed E-state index contributed by atoms with van der Waals surface area (Å²) < 4.78 is 8.95. The Balaban J connectivity index is 1.14. The fourth-order valence-electron chi connectivity index (χ4n) is 8.24. The Hall–Kier alpha value is -7.04. The summed E-state index contributed by atoms with van der Waals surface area (Å²) in [7, 11) is 0. The second-order valence-corrected chi connectivity index (χ2v) is 13.4. The van der Waals surface area contributed by atoms with Crippen LogP contribution in [0.15, 0.2) is 186 Å². The van der Waals surface area contributed by atoms with Crippen LogP contribution >= 0.6 is 0 Å². The third-order valence-corrected chi connectivity index (χ3v) is 10.5. The van der Waals surface area contributed by atoms with Crippen LogP contribution in [0.3, 0.4) is 0 Å². The number of aromatic nitrogens is 2. The zero-order chi connectivity index (χ0) is 34.2. The Morgan fingerprint density at radius 1 is 0.423 bits per heavy atom. The van der Waals surface area contributed by atoms with Gasteiger partial charge in [-0.1, -0.05) is 97.1 Å². The number of furan rings is 1. The Labute approximate surface area is 299 Å². The Morgan fingerprint density at radius 3 is 1.90 bits per heavy atom. The predicted molar refractivity (Wildman–Crippen MR) is 218 cm³/mol. The summed E-state index contributed by atoms with van der Waals surface area (Å²) in [6.07, 6.45) is 0. The van der Waals surface area contributed by atoms with E-state index in [1.807, 2.05) is 0 Å². The molecule has 4 heteroatoms. The largest absolute Gasteiger partial charge is 0.456 e. The summed E-state index contributed by atoms with van der Waals surface area (Å²) >= 11 is 0. The molecule has 4 nitrogen and oxygen atoms in total. The van der Waals surface area contributed by atoms with Crippen molar-refractivity contribution in [2.24, 2.45) is 0 Å². The average Bonchev–Trinajstić information content (AvgIpc) is 3.88. The summed E-state index contributed by atoms with van der Waals surface area (Å²) in [5, 5.41) is 7.03. The van der Waals surface area contributed by atoms with Crippen LogP contribution in [-0.2, 0) is 0 Å². The Kier molecular flexibility index (Phi) is 6.22. The second-order valence-electron chi connectivity index (χ2n) is 13.4. The third kappa shape index (κ3) is 4.28. The van der Waals surface area contributed by atoms with E-state index >= 15 is 0 Å². The zero-order valence-corrected chi connectivity index (χ0v) is 28.1. The van der Waals surface area contributed by atoms with Crippen molar-refractivity contribution in [2.75, 3.05) is 4.90 Å². The van der Waals surface area contributed by atoms with E-state index in [9.17, 15) is 0 Å². The van der Waals surface area contributed by atoms with E-state index < -0.39 is 0 Å². The van der Waals surface area contributed by atoms with Crippen molar-refractivity contribution in [3.8, 4) is 16.8 Å². The van der Waals surface area contributed by atoms with Gasteiger partial charge < -0.3 is 18.9 Å². The SMILES string of the molecule is c1ccc(N(c2cccc3[nH]c4ccccc4c23)c2cccc3oc4ccc(-c5ccc6c(c5)c5ccccc5n6-c5ccccc5)cc4c23)cc1. The van der Waals surface area contributed by atoms with Crippen molar-refractivity contribution in [1.29, 1.82) is 0 Å². The van der Waals surface area contributed by atoms with E-state index in [0.717, 1.165) is 61.3 Å². The molecule has 0 aliphatic rings. The molecular weight excluding hydrogens is 635 g/mol. The molecular formula is C48H31N3O. The van der Waals surface area contributed by atoms with Gasteiger partial charge in [-0.2, -0.15) is 0 Å². The number of rotatable bonds is 5. The van der Waals surface area contributed by atoms with Gasteiger partial charge in [0.1, 0.15) is 11.2 Å². The number of fused-ring (bicyclic) bond motifs is 9. The number of H-pyrrole nitrogens is 1. The molecule has 0 fully saturated rings. The van der Waals surface area contributed by atoms with Gasteiger partial charge in [0.25, 0.3) is 0 Å². The van der Waals surface area contributed by atoms with E-state index in [1.54, 1.807) is 0 Å². The molecule has 1 N–H and O–H groups in total. The fraction of sp³-hybridized carbons (Fsp3) is 0. The maximum atomic E-state index is 6.59. The molecule has 0 amide bonds. The van der Waals surface area contributed by atoms with E-state index in [0.29, 0.717) is 0 Å². The molecule has 0 unspecified atom stereocenters. The van der Waals surface area contributed by atoms with Crippen LogP contribution in [0.5, 0.6) is 0 Å². The van der Waals surface area contributed by atoms with Crippen LogP contribution in [0.1, 0.15) is 0 Å². The van der Waals surface area contributed by atoms with Crippen molar-refractivity contribution >= 4 is 82.6 Å². The lowest BCUT2D eigenvalue weighted by Gasteiger charge is -2.27. The summed E-state index contributed by atoms with van der Waals surface area (Å²) in [6, 6.07) is 64.9. The minimum Gasteiger partial charge on any atom is -0.456 e. The van der Waals surface area contributed by atoms with Crippen molar-refractivity contribution < 1.29 is 4.42 Å². The van der Waals surface area contributed by atoms with E-state index in [1.165, 1.54) is 38.1 Å². The normalized spacial score (nSPS) is 11.8. The summed E-state index contributed by atoms with van der Waals surface area (Å²) in [4.78, 5) is 6.04. The van der Waals surface area contributed by atoms with Crippen LogP contribution in [0.2, 0.25) is 0 Å². The van der Waals surface area contributed by atoms with Crippen molar-refractivity contribution in [2.45, 2.75) is 0 Å². The van der Waals surface area contributed by atoms with Gasteiger partial charge in [-0.25, -0.2) is 0 Å². The van der Waals surface area contributed by atoms with Gasteiger partial charge in [0.2, 0.25) is 0 Å². The highest BCUT2D eigenvalue weighted by Crippen LogP contribution is 2.47. The molecule has 11 rings (SSSR count). The second kappa shape index (κ2) is 11.2. The number of anilines is 3. The first-order valence-electron chi connectivity index (χ1n) is 17.7. The molecule has 0 radical (unpaired) electrons. The number of aromatic amines is 1. The first kappa shape index (κ1) is 28.8. The van der Waals surface area contributed by atoms with Crippen molar-refractivity contribution in [3.05, 3.63) is 182 Å². The van der Waals surface area contributed by atoms with Gasteiger partial charge >= 0.3 is 0 Å². The summed E-state index contributed by atoms with van der Waals surface area (Å²) in [5.74, 6) is 0. The molecule has 0 aliphatic carbocycles. The lowest BCUT2D eigenvalue weighted by atomic mass is 9.99. The number of hydrogen-bond donors (Lipinski definition) is 1. The molecule has 0 saturated carbocycles. The van der Waals surface area contributed by atoms with Gasteiger partial charge in [0.05, 0.1) is 27.8 Å². The van der Waals surface area contributed by atoms with E-state index in [2.05, 4.69) is 196 Å². The van der Waals surface area contributed by atoms with Gasteiger partial charge in [0.15, 0.2) is 0 Å². The van der Waals surface area contributed by atoms with Crippen LogP contribution in [0, 0.1) is 0 Å². The maximum absolute atomic E-state index is 6.59. The minimum atomic E-state index is 0.859. The highest BCUT2D eigenvalue weighted by molar-refractivity contribution is 6.19. The quantitative estimate of drug-likeness (QED) is 0.199. The predicted octanol–water partition coefficient (Wildman–Crippen LogP) is 13.5. The van der Waals surface area contributed by atoms with Gasteiger partial charge in [-0.3, -0.25) is 0 Å². The van der Waals surface area contributed by atoms with Crippen LogP contribution in [0.25, 0.3) is 82.4 Å². The molecule has 11 aromatic rings. The standard InChI is InChI=1S/C48H31N3O/c1-3-13-33(14-4-1)50-41-21-10-8-17-35(41)37-29-31(25-27-42(37)50)32-26-28-45-38(30-32)48-44(23-12-24-46(48)52-45)51(34-15-5-2-6-16-34)43-22-11-20-40-47(43)36-18-7-9-19-39(36)49-40/h1-30,49H. The number of nitrogens with zero attached hydrogens (tertiary/aromatic N) is 2. The Bertz CT molecular complexity index is 3130. The van der Waals surface area contributed by atoms with Gasteiger partial charge in [0, 0.05) is 49.3 Å². The van der Waals surface area contributed by atoms with Crippen LogP contribution < -0.4 is 4.90 Å². The lowest BCUT2D eigenvalue weighted by Crippen LogP contribution is -2.10. The molecule has 0 aliphatic heterocycles. The van der Waals surface area contributed by atoms with Crippen molar-refractivity contribution in [1.82, 2.24) is 9.55 Å². The molecule has 0 atom stereocenters. The highest BCUT2D eigenvalue weighted by Gasteiger charge is 2.23. The zero-order valence-electron chi connectivity index (χ0n) is 28.1. The average molecular weight is 666 g/mol. The van der Waals surface area contributed by atoms with Crippen LogP contribution in [0.4, 0.5) is 17.1 Å². The van der Waals surface area contributed by atoms with Crippen LogP contribution in [-0.4, -0.2) is 9.55 Å². The number of hydrogen-bond acceptors (Lipinski definition) is 2. The van der Waals surface area contributed by atoms with Gasteiger partial charge in [-0.05, 0) is 96.1 Å². The summed E-state index contributed by atoms with van der Waals surface area (Å²) in [5.41, 5.74) is 13.1. The van der Waals surface area contributed by atoms with Crippen molar-refractivity contribution in [3.63, 3.8) is 0 Å².